The molecule has 0 aliphatic carbocycles. The monoisotopic (exact) mass is 291 g/mol. The Bertz CT molecular complexity index is 390. The molecule has 0 saturated carbocycles. The maximum Gasteiger partial charge on any atom is 0.101 e. The van der Waals surface area contributed by atoms with Crippen LogP contribution in [0.2, 0.25) is 6.04 Å². The summed E-state index contributed by atoms with van der Waals surface area (Å²) in [5.41, 5.74) is 1.30. The standard InChI is InChI=1S/C17H29NOSi/c1-5-16-11-8-9-12-17(16)20(15-19-4)14-10-13-18(6-2)7-3/h5,8-9,11-12,20H,1,6-7,10,13-15H2,2-4H3. The van der Waals surface area contributed by atoms with Gasteiger partial charge in [0.05, 0.1) is 0 Å². The van der Waals surface area contributed by atoms with E-state index in [4.69, 9.17) is 4.74 Å². The van der Waals surface area contributed by atoms with Crippen molar-refractivity contribution in [2.24, 2.45) is 0 Å². The van der Waals surface area contributed by atoms with Gasteiger partial charge in [0, 0.05) is 13.3 Å². The number of methoxy groups -OCH3 is 1. The fourth-order valence-electron chi connectivity index (χ4n) is 2.70. The van der Waals surface area contributed by atoms with Gasteiger partial charge in [-0.15, -0.1) is 0 Å². The van der Waals surface area contributed by atoms with E-state index in [0.29, 0.717) is 0 Å². The highest BCUT2D eigenvalue weighted by atomic mass is 28.3. The second-order valence-electron chi connectivity index (χ2n) is 5.15. The first-order valence-electron chi connectivity index (χ1n) is 7.69. The van der Waals surface area contributed by atoms with Gasteiger partial charge in [-0.1, -0.05) is 62.0 Å². The fourth-order valence-corrected chi connectivity index (χ4v) is 5.50. The van der Waals surface area contributed by atoms with E-state index in [9.17, 15) is 0 Å². The third kappa shape index (κ3) is 5.23. The SMILES string of the molecule is C=Cc1ccccc1[SiH](CCCN(CC)CC)COC. The lowest BCUT2D eigenvalue weighted by Crippen LogP contribution is -2.37. The molecular weight excluding hydrogens is 262 g/mol. The second kappa shape index (κ2) is 9.92. The van der Waals surface area contributed by atoms with Crippen molar-refractivity contribution in [2.45, 2.75) is 26.3 Å². The van der Waals surface area contributed by atoms with Crippen molar-refractivity contribution < 1.29 is 4.74 Å². The van der Waals surface area contributed by atoms with E-state index in [1.807, 2.05) is 13.2 Å². The van der Waals surface area contributed by atoms with Gasteiger partial charge in [0.15, 0.2) is 0 Å². The molecule has 3 heteroatoms. The summed E-state index contributed by atoms with van der Waals surface area (Å²) in [6, 6.07) is 9.97. The van der Waals surface area contributed by atoms with Crippen molar-refractivity contribution in [1.82, 2.24) is 4.90 Å². The largest absolute Gasteiger partial charge is 0.388 e. The predicted octanol–water partition coefficient (Wildman–Crippen LogP) is 2.68. The van der Waals surface area contributed by atoms with E-state index in [0.717, 1.165) is 19.3 Å². The van der Waals surface area contributed by atoms with Crippen LogP contribution in [-0.2, 0) is 4.74 Å². The second-order valence-corrected chi connectivity index (χ2v) is 8.08. The normalized spacial score (nSPS) is 12.6. The average molecular weight is 292 g/mol. The zero-order chi connectivity index (χ0) is 14.8. The summed E-state index contributed by atoms with van der Waals surface area (Å²) in [7, 11) is 0.770. The van der Waals surface area contributed by atoms with E-state index in [1.165, 1.54) is 29.8 Å². The Hall–Kier alpha value is -0.903. The molecule has 1 aromatic rings. The van der Waals surface area contributed by atoms with Crippen LogP contribution in [0.1, 0.15) is 25.8 Å². The van der Waals surface area contributed by atoms with E-state index in [-0.39, 0.29) is 0 Å². The fraction of sp³-hybridized carbons (Fsp3) is 0.529. The Morgan fingerprint density at radius 1 is 1.25 bits per heavy atom. The molecule has 1 unspecified atom stereocenters. The van der Waals surface area contributed by atoms with Crippen LogP contribution in [0.4, 0.5) is 0 Å². The summed E-state index contributed by atoms with van der Waals surface area (Å²) in [6.07, 6.45) is 4.17. The van der Waals surface area contributed by atoms with E-state index in [1.54, 1.807) is 0 Å². The van der Waals surface area contributed by atoms with Gasteiger partial charge in [-0.3, -0.25) is 0 Å². The highest BCUT2D eigenvalue weighted by Gasteiger charge is 2.16. The number of hydrogen-bond acceptors (Lipinski definition) is 2. The van der Waals surface area contributed by atoms with E-state index < -0.39 is 8.80 Å². The molecule has 2 nitrogen and oxygen atoms in total. The lowest BCUT2D eigenvalue weighted by Gasteiger charge is -2.21. The van der Waals surface area contributed by atoms with Crippen LogP contribution in [0.3, 0.4) is 0 Å². The summed E-state index contributed by atoms with van der Waals surface area (Å²) < 4.78 is 5.48. The molecule has 1 rings (SSSR count). The summed E-state index contributed by atoms with van der Waals surface area (Å²) in [5.74, 6) is 0. The van der Waals surface area contributed by atoms with Crippen molar-refractivity contribution in [3.05, 3.63) is 36.4 Å². The lowest BCUT2D eigenvalue weighted by atomic mass is 10.2. The minimum Gasteiger partial charge on any atom is -0.388 e. The van der Waals surface area contributed by atoms with Gasteiger partial charge in [-0.05, 0) is 31.6 Å². The first-order chi connectivity index (χ1) is 9.76. The Labute approximate surface area is 126 Å². The molecule has 0 heterocycles. The number of hydrogen-bond donors (Lipinski definition) is 0. The third-order valence-electron chi connectivity index (χ3n) is 3.94. The molecule has 0 aliphatic rings. The first-order valence-corrected chi connectivity index (χ1v) is 9.90. The highest BCUT2D eigenvalue weighted by molar-refractivity contribution is 6.73. The molecule has 112 valence electrons. The molecule has 0 fully saturated rings. The van der Waals surface area contributed by atoms with Crippen LogP contribution in [0, 0.1) is 0 Å². The number of nitrogens with zero attached hydrogens (tertiary/aromatic N) is 1. The van der Waals surface area contributed by atoms with E-state index in [2.05, 4.69) is 49.6 Å². The zero-order valence-corrected chi connectivity index (χ0v) is 14.4. The molecule has 0 amide bonds. The summed E-state index contributed by atoms with van der Waals surface area (Å²) in [5, 5.41) is 1.50. The van der Waals surface area contributed by atoms with Gasteiger partial charge in [-0.25, -0.2) is 0 Å². The van der Waals surface area contributed by atoms with Crippen molar-refractivity contribution >= 4 is 20.1 Å². The van der Waals surface area contributed by atoms with Crippen LogP contribution in [-0.4, -0.2) is 46.7 Å². The molecule has 1 atom stereocenters. The molecule has 0 aliphatic heterocycles. The van der Waals surface area contributed by atoms with Crippen LogP contribution < -0.4 is 5.19 Å². The van der Waals surface area contributed by atoms with Gasteiger partial charge in [0.25, 0.3) is 0 Å². The Balaban J connectivity index is 2.66. The van der Waals surface area contributed by atoms with Crippen molar-refractivity contribution in [3.63, 3.8) is 0 Å². The minimum absolute atomic E-state index is 0.920. The van der Waals surface area contributed by atoms with E-state index >= 15 is 0 Å². The Kier molecular flexibility index (Phi) is 8.50. The summed E-state index contributed by atoms with van der Waals surface area (Å²) in [4.78, 5) is 2.50. The maximum absolute atomic E-state index is 5.48. The molecule has 20 heavy (non-hydrogen) atoms. The van der Waals surface area contributed by atoms with Crippen LogP contribution >= 0.6 is 0 Å². The van der Waals surface area contributed by atoms with Gasteiger partial charge < -0.3 is 9.64 Å². The van der Waals surface area contributed by atoms with Crippen LogP contribution in [0.5, 0.6) is 0 Å². The molecule has 0 N–H and O–H groups in total. The van der Waals surface area contributed by atoms with Crippen molar-refractivity contribution in [2.75, 3.05) is 33.0 Å². The molecule has 0 radical (unpaired) electrons. The number of rotatable bonds is 10. The predicted molar refractivity (Wildman–Crippen MR) is 92.4 cm³/mol. The molecular formula is C17H29NOSi. The molecule has 1 aromatic carbocycles. The smallest absolute Gasteiger partial charge is 0.101 e. The molecule has 0 aromatic heterocycles. The summed E-state index contributed by atoms with van der Waals surface area (Å²) >= 11 is 0. The number of ether oxygens (including phenoxy) is 1. The highest BCUT2D eigenvalue weighted by Crippen LogP contribution is 2.07. The molecule has 0 bridgehead atoms. The first kappa shape index (κ1) is 17.1. The third-order valence-corrected chi connectivity index (χ3v) is 7.19. The lowest BCUT2D eigenvalue weighted by molar-refractivity contribution is 0.249. The zero-order valence-electron chi connectivity index (χ0n) is 13.3. The minimum atomic E-state index is -1.05. The van der Waals surface area contributed by atoms with Gasteiger partial charge >= 0.3 is 0 Å². The van der Waals surface area contributed by atoms with Crippen LogP contribution in [0.25, 0.3) is 6.08 Å². The molecule has 0 saturated heterocycles. The topological polar surface area (TPSA) is 12.5 Å². The van der Waals surface area contributed by atoms with Gasteiger partial charge in [0.1, 0.15) is 8.80 Å². The maximum atomic E-state index is 5.48. The van der Waals surface area contributed by atoms with Gasteiger partial charge in [-0.2, -0.15) is 0 Å². The Morgan fingerprint density at radius 2 is 1.95 bits per heavy atom. The summed E-state index contributed by atoms with van der Waals surface area (Å²) in [6.45, 7) is 11.9. The average Bonchev–Trinajstić information content (AvgIpc) is 2.50. The van der Waals surface area contributed by atoms with Crippen molar-refractivity contribution in [3.8, 4) is 0 Å². The van der Waals surface area contributed by atoms with Gasteiger partial charge in [0.2, 0.25) is 0 Å². The van der Waals surface area contributed by atoms with Crippen LogP contribution in [0.15, 0.2) is 30.8 Å². The number of benzene rings is 1. The quantitative estimate of drug-likeness (QED) is 0.615. The Morgan fingerprint density at radius 3 is 2.55 bits per heavy atom. The van der Waals surface area contributed by atoms with Crippen molar-refractivity contribution in [1.29, 1.82) is 0 Å². The molecule has 0 spiro atoms.